The van der Waals surface area contributed by atoms with Gasteiger partial charge in [-0.05, 0) is 18.4 Å². The third-order valence-corrected chi connectivity index (χ3v) is 4.68. The van der Waals surface area contributed by atoms with Crippen LogP contribution in [0.15, 0.2) is 42.9 Å². The Hall–Kier alpha value is -2.18. The Kier molecular flexibility index (Phi) is 6.73. The third-order valence-electron chi connectivity index (χ3n) is 4.68. The molecule has 136 valence electrons. The second-order valence-electron chi connectivity index (χ2n) is 6.62. The molecule has 0 aliphatic heterocycles. The average molecular weight is 343 g/mol. The van der Waals surface area contributed by atoms with Crippen LogP contribution in [0.25, 0.3) is 0 Å². The summed E-state index contributed by atoms with van der Waals surface area (Å²) in [7, 11) is 0. The molecule has 6 heteroatoms. The van der Waals surface area contributed by atoms with Crippen molar-refractivity contribution in [3.05, 3.63) is 54.1 Å². The number of benzene rings is 1. The van der Waals surface area contributed by atoms with E-state index in [0.717, 1.165) is 25.1 Å². The van der Waals surface area contributed by atoms with Gasteiger partial charge in [-0.15, -0.1) is 0 Å². The molecule has 1 heterocycles. The summed E-state index contributed by atoms with van der Waals surface area (Å²) in [4.78, 5) is 16.6. The maximum atomic E-state index is 12.2. The summed E-state index contributed by atoms with van der Waals surface area (Å²) < 4.78 is 1.99. The number of amides is 1. The van der Waals surface area contributed by atoms with Crippen LogP contribution in [-0.4, -0.2) is 33.6 Å². The lowest BCUT2D eigenvalue weighted by Gasteiger charge is -2.27. The lowest BCUT2D eigenvalue weighted by molar-refractivity contribution is -0.122. The number of nitrogens with one attached hydrogen (secondary N) is 1. The fourth-order valence-electron chi connectivity index (χ4n) is 2.60. The summed E-state index contributed by atoms with van der Waals surface area (Å²) in [5, 5.41) is 2.87. The minimum atomic E-state index is -0.627. The summed E-state index contributed by atoms with van der Waals surface area (Å²) in [5.74, 6) is -0.186. The molecular formula is C19H29N5O. The Balaban J connectivity index is 1.86. The zero-order valence-corrected chi connectivity index (χ0v) is 15.1. The van der Waals surface area contributed by atoms with Gasteiger partial charge in [0.05, 0.1) is 18.1 Å². The first-order chi connectivity index (χ1) is 12.0. The molecule has 1 atom stereocenters. The molecule has 25 heavy (non-hydrogen) atoms. The van der Waals surface area contributed by atoms with Crippen LogP contribution in [0.1, 0.15) is 37.9 Å². The lowest BCUT2D eigenvalue weighted by atomic mass is 9.94. The van der Waals surface area contributed by atoms with Gasteiger partial charge in [-0.1, -0.05) is 44.2 Å². The van der Waals surface area contributed by atoms with E-state index in [4.69, 9.17) is 11.5 Å². The van der Waals surface area contributed by atoms with Crippen LogP contribution >= 0.6 is 0 Å². The van der Waals surface area contributed by atoms with Gasteiger partial charge in [0.25, 0.3) is 0 Å². The van der Waals surface area contributed by atoms with E-state index in [1.54, 1.807) is 6.33 Å². The molecule has 0 spiro atoms. The van der Waals surface area contributed by atoms with Crippen molar-refractivity contribution < 1.29 is 4.79 Å². The van der Waals surface area contributed by atoms with Gasteiger partial charge in [-0.3, -0.25) is 4.79 Å². The minimum absolute atomic E-state index is 0.186. The van der Waals surface area contributed by atoms with E-state index in [0.29, 0.717) is 13.0 Å². The number of rotatable bonds is 9. The van der Waals surface area contributed by atoms with Gasteiger partial charge in [0.15, 0.2) is 0 Å². The summed E-state index contributed by atoms with van der Waals surface area (Å²) in [6, 6.07) is 9.53. The highest BCUT2D eigenvalue weighted by molar-refractivity contribution is 5.81. The maximum absolute atomic E-state index is 12.2. The number of carbonyl (C=O) groups is 1. The highest BCUT2D eigenvalue weighted by Crippen LogP contribution is 2.10. The fourth-order valence-corrected chi connectivity index (χ4v) is 2.60. The van der Waals surface area contributed by atoms with Crippen molar-refractivity contribution in [3.8, 4) is 0 Å². The Morgan fingerprint density at radius 1 is 1.28 bits per heavy atom. The molecule has 0 bridgehead atoms. The van der Waals surface area contributed by atoms with Crippen molar-refractivity contribution in [3.63, 3.8) is 0 Å². The number of hydrogen-bond donors (Lipinski definition) is 3. The Labute approximate surface area is 149 Å². The van der Waals surface area contributed by atoms with Gasteiger partial charge < -0.3 is 21.4 Å². The van der Waals surface area contributed by atoms with Crippen molar-refractivity contribution in [1.29, 1.82) is 0 Å². The van der Waals surface area contributed by atoms with Crippen molar-refractivity contribution in [2.75, 3.05) is 6.54 Å². The van der Waals surface area contributed by atoms with Crippen molar-refractivity contribution in [1.82, 2.24) is 14.9 Å². The quantitative estimate of drug-likeness (QED) is 0.641. The average Bonchev–Trinajstić information content (AvgIpc) is 3.07. The zero-order valence-electron chi connectivity index (χ0n) is 15.1. The van der Waals surface area contributed by atoms with Crippen LogP contribution in [0, 0.1) is 0 Å². The Morgan fingerprint density at radius 3 is 2.60 bits per heavy atom. The first kappa shape index (κ1) is 19.1. The third kappa shape index (κ3) is 5.69. The van der Waals surface area contributed by atoms with Gasteiger partial charge in [0.1, 0.15) is 0 Å². The number of hydrogen-bond acceptors (Lipinski definition) is 4. The molecule has 0 saturated heterocycles. The molecule has 0 fully saturated rings. The zero-order chi connectivity index (χ0) is 18.3. The predicted molar refractivity (Wildman–Crippen MR) is 100.0 cm³/mol. The smallest absolute Gasteiger partial charge is 0.237 e. The molecular weight excluding hydrogens is 314 g/mol. The van der Waals surface area contributed by atoms with Crippen LogP contribution < -0.4 is 16.8 Å². The SMILES string of the molecule is CCC(N)(CC)CNC(=O)[C@@H](N)Cc1cn(Cc2ccccc2)cn1. The topological polar surface area (TPSA) is 99.0 Å². The summed E-state index contributed by atoms with van der Waals surface area (Å²) in [6.45, 7) is 5.23. The van der Waals surface area contributed by atoms with E-state index in [9.17, 15) is 4.79 Å². The van der Waals surface area contributed by atoms with Crippen LogP contribution in [0.4, 0.5) is 0 Å². The first-order valence-corrected chi connectivity index (χ1v) is 8.82. The number of carbonyl (C=O) groups excluding carboxylic acids is 1. The molecule has 1 amide bonds. The monoisotopic (exact) mass is 343 g/mol. The summed E-state index contributed by atoms with van der Waals surface area (Å²) >= 11 is 0. The highest BCUT2D eigenvalue weighted by Gasteiger charge is 2.23. The molecule has 2 rings (SSSR count). The van der Waals surface area contributed by atoms with Crippen LogP contribution in [0.3, 0.4) is 0 Å². The van der Waals surface area contributed by atoms with Crippen LogP contribution in [0.5, 0.6) is 0 Å². The molecule has 0 unspecified atom stereocenters. The van der Waals surface area contributed by atoms with E-state index < -0.39 is 6.04 Å². The molecule has 0 aliphatic rings. The molecule has 6 nitrogen and oxygen atoms in total. The normalized spacial score (nSPS) is 12.8. The minimum Gasteiger partial charge on any atom is -0.353 e. The second-order valence-corrected chi connectivity index (χ2v) is 6.62. The number of nitrogens with two attached hydrogens (primary N) is 2. The van der Waals surface area contributed by atoms with Crippen molar-refractivity contribution in [2.24, 2.45) is 11.5 Å². The summed E-state index contributed by atoms with van der Waals surface area (Å²) in [5.41, 5.74) is 13.9. The number of imidazole rings is 1. The van der Waals surface area contributed by atoms with E-state index in [1.807, 2.05) is 42.8 Å². The van der Waals surface area contributed by atoms with Crippen molar-refractivity contribution >= 4 is 5.91 Å². The lowest BCUT2D eigenvalue weighted by Crippen LogP contribution is -2.52. The maximum Gasteiger partial charge on any atom is 0.237 e. The number of nitrogens with zero attached hydrogens (tertiary/aromatic N) is 2. The molecule has 0 saturated carbocycles. The van der Waals surface area contributed by atoms with Gasteiger partial charge in [-0.2, -0.15) is 0 Å². The molecule has 1 aromatic carbocycles. The van der Waals surface area contributed by atoms with E-state index in [2.05, 4.69) is 22.4 Å². The van der Waals surface area contributed by atoms with Crippen LogP contribution in [0.2, 0.25) is 0 Å². The number of aromatic nitrogens is 2. The fraction of sp³-hybridized carbons (Fsp3) is 0.474. The standard InChI is InChI=1S/C19H29N5O/c1-3-19(21,4-2)13-22-18(25)17(20)10-16-12-24(14-23-16)11-15-8-6-5-7-9-15/h5-9,12,14,17H,3-4,10-11,13,20-21H2,1-2H3,(H,22,25)/t17-/m0/s1. The largest absolute Gasteiger partial charge is 0.353 e. The highest BCUT2D eigenvalue weighted by atomic mass is 16.2. The van der Waals surface area contributed by atoms with Crippen LogP contribution in [-0.2, 0) is 17.8 Å². The first-order valence-electron chi connectivity index (χ1n) is 8.82. The molecule has 0 radical (unpaired) electrons. The van der Waals surface area contributed by atoms with Crippen molar-refractivity contribution in [2.45, 2.75) is 51.2 Å². The van der Waals surface area contributed by atoms with Gasteiger partial charge in [0, 0.05) is 31.2 Å². The second kappa shape index (κ2) is 8.78. The van der Waals surface area contributed by atoms with Gasteiger partial charge in [-0.25, -0.2) is 4.98 Å². The Bertz CT molecular complexity index is 663. The molecule has 0 aliphatic carbocycles. The molecule has 1 aromatic heterocycles. The molecule has 2 aromatic rings. The predicted octanol–water partition coefficient (Wildman–Crippen LogP) is 1.43. The van der Waals surface area contributed by atoms with Gasteiger partial charge >= 0.3 is 0 Å². The Morgan fingerprint density at radius 2 is 1.96 bits per heavy atom. The van der Waals surface area contributed by atoms with E-state index in [-0.39, 0.29) is 11.4 Å². The van der Waals surface area contributed by atoms with E-state index in [1.165, 1.54) is 5.56 Å². The van der Waals surface area contributed by atoms with Gasteiger partial charge in [0.2, 0.25) is 5.91 Å². The van der Waals surface area contributed by atoms with E-state index >= 15 is 0 Å². The summed E-state index contributed by atoms with van der Waals surface area (Å²) in [6.07, 6.45) is 5.73. The molecule has 5 N–H and O–H groups in total.